The van der Waals surface area contributed by atoms with E-state index in [0.29, 0.717) is 28.0 Å². The summed E-state index contributed by atoms with van der Waals surface area (Å²) < 4.78 is 16.2. The molecule has 138 valence electrons. The molecular formula is C21H18ClNO4. The Balaban J connectivity index is 1.72. The summed E-state index contributed by atoms with van der Waals surface area (Å²) in [6, 6.07) is 16.6. The average Bonchev–Trinajstić information content (AvgIpc) is 3.17. The van der Waals surface area contributed by atoms with E-state index >= 15 is 0 Å². The highest BCUT2D eigenvalue weighted by atomic mass is 35.5. The Bertz CT molecular complexity index is 964. The summed E-state index contributed by atoms with van der Waals surface area (Å²) in [5.41, 5.74) is 1.43. The average molecular weight is 384 g/mol. The van der Waals surface area contributed by atoms with Crippen molar-refractivity contribution in [2.45, 2.75) is 0 Å². The van der Waals surface area contributed by atoms with Gasteiger partial charge < -0.3 is 19.2 Å². The third kappa shape index (κ3) is 4.51. The Morgan fingerprint density at radius 1 is 1.04 bits per heavy atom. The Hall–Kier alpha value is -3.18. The minimum absolute atomic E-state index is 0.338. The predicted octanol–water partition coefficient (Wildman–Crippen LogP) is 5.27. The van der Waals surface area contributed by atoms with Crippen molar-refractivity contribution in [3.63, 3.8) is 0 Å². The molecule has 0 aliphatic rings. The number of amides is 1. The number of anilines is 1. The quantitative estimate of drug-likeness (QED) is 0.589. The van der Waals surface area contributed by atoms with E-state index in [9.17, 15) is 4.79 Å². The summed E-state index contributed by atoms with van der Waals surface area (Å²) in [6.45, 7) is 0. The molecule has 0 saturated carbocycles. The van der Waals surface area contributed by atoms with Gasteiger partial charge in [-0.2, -0.15) is 0 Å². The fourth-order valence-electron chi connectivity index (χ4n) is 2.49. The molecule has 0 fully saturated rings. The number of rotatable bonds is 6. The first-order valence-electron chi connectivity index (χ1n) is 8.16. The van der Waals surface area contributed by atoms with Crippen LogP contribution in [0, 0.1) is 0 Å². The van der Waals surface area contributed by atoms with Crippen molar-refractivity contribution in [1.29, 1.82) is 0 Å². The molecule has 0 aliphatic heterocycles. The molecule has 27 heavy (non-hydrogen) atoms. The molecule has 5 nitrogen and oxygen atoms in total. The number of benzene rings is 2. The van der Waals surface area contributed by atoms with Crippen molar-refractivity contribution in [3.8, 4) is 22.8 Å². The SMILES string of the molecule is COc1cc(NC(=O)/C=C/c2ccc(-c3ccccc3)o2)c(OC)cc1Cl. The first kappa shape index (κ1) is 18.6. The van der Waals surface area contributed by atoms with E-state index in [1.54, 1.807) is 24.3 Å². The van der Waals surface area contributed by atoms with Crippen LogP contribution in [0.4, 0.5) is 5.69 Å². The predicted molar refractivity (Wildman–Crippen MR) is 106 cm³/mol. The zero-order chi connectivity index (χ0) is 19.2. The van der Waals surface area contributed by atoms with Crippen LogP contribution in [0.2, 0.25) is 5.02 Å². The lowest BCUT2D eigenvalue weighted by Gasteiger charge is -2.12. The van der Waals surface area contributed by atoms with Gasteiger partial charge in [0.2, 0.25) is 5.91 Å². The molecule has 0 bridgehead atoms. The van der Waals surface area contributed by atoms with Crippen LogP contribution in [0.1, 0.15) is 5.76 Å². The molecule has 6 heteroatoms. The minimum Gasteiger partial charge on any atom is -0.495 e. The van der Waals surface area contributed by atoms with Crippen LogP contribution in [0.15, 0.2) is 65.1 Å². The lowest BCUT2D eigenvalue weighted by atomic mass is 10.2. The van der Waals surface area contributed by atoms with Crippen molar-refractivity contribution in [2.75, 3.05) is 19.5 Å². The lowest BCUT2D eigenvalue weighted by Crippen LogP contribution is -2.09. The van der Waals surface area contributed by atoms with E-state index in [-0.39, 0.29) is 5.91 Å². The molecule has 1 N–H and O–H groups in total. The molecule has 0 radical (unpaired) electrons. The van der Waals surface area contributed by atoms with Gasteiger partial charge >= 0.3 is 0 Å². The monoisotopic (exact) mass is 383 g/mol. The number of hydrogen-bond acceptors (Lipinski definition) is 4. The molecule has 3 aromatic rings. The van der Waals surface area contributed by atoms with E-state index in [4.69, 9.17) is 25.5 Å². The molecule has 0 aliphatic carbocycles. The van der Waals surface area contributed by atoms with E-state index in [0.717, 1.165) is 11.3 Å². The van der Waals surface area contributed by atoms with Crippen molar-refractivity contribution in [1.82, 2.24) is 0 Å². The molecule has 1 aromatic heterocycles. The van der Waals surface area contributed by atoms with Gasteiger partial charge in [-0.05, 0) is 18.2 Å². The van der Waals surface area contributed by atoms with Gasteiger partial charge in [0.15, 0.2) is 0 Å². The molecule has 0 atom stereocenters. The molecule has 1 amide bonds. The maximum atomic E-state index is 12.2. The summed E-state index contributed by atoms with van der Waals surface area (Å²) in [4.78, 5) is 12.2. The summed E-state index contributed by atoms with van der Waals surface area (Å²) in [5.74, 6) is 1.85. The minimum atomic E-state index is -0.338. The van der Waals surface area contributed by atoms with Crippen molar-refractivity contribution in [3.05, 3.63) is 71.5 Å². The van der Waals surface area contributed by atoms with Gasteiger partial charge in [-0.1, -0.05) is 41.9 Å². The Kier molecular flexibility index (Phi) is 5.84. The van der Waals surface area contributed by atoms with Crippen LogP contribution in [0.25, 0.3) is 17.4 Å². The van der Waals surface area contributed by atoms with E-state index in [2.05, 4.69) is 5.32 Å². The molecule has 2 aromatic carbocycles. The fourth-order valence-corrected chi connectivity index (χ4v) is 2.72. The Labute approximate surface area is 162 Å². The number of nitrogens with one attached hydrogen (secondary N) is 1. The van der Waals surface area contributed by atoms with E-state index in [1.807, 2.05) is 36.4 Å². The highest BCUT2D eigenvalue weighted by Crippen LogP contribution is 2.35. The van der Waals surface area contributed by atoms with Gasteiger partial charge in [0.25, 0.3) is 0 Å². The normalized spacial score (nSPS) is 10.8. The zero-order valence-electron chi connectivity index (χ0n) is 14.9. The molecule has 0 spiro atoms. The van der Waals surface area contributed by atoms with Gasteiger partial charge in [0.1, 0.15) is 23.0 Å². The standard InChI is InChI=1S/C21H18ClNO4/c1-25-19-13-17(20(26-2)12-16(19)22)23-21(24)11-9-15-8-10-18(27-15)14-6-4-3-5-7-14/h3-13H,1-2H3,(H,23,24)/b11-9+. The molecule has 1 heterocycles. The highest BCUT2D eigenvalue weighted by molar-refractivity contribution is 6.32. The number of furan rings is 1. The van der Waals surface area contributed by atoms with Crippen LogP contribution < -0.4 is 14.8 Å². The van der Waals surface area contributed by atoms with Gasteiger partial charge in [-0.25, -0.2) is 0 Å². The molecule has 0 saturated heterocycles. The number of carbonyl (C=O) groups is 1. The van der Waals surface area contributed by atoms with Crippen LogP contribution >= 0.6 is 11.6 Å². The highest BCUT2D eigenvalue weighted by Gasteiger charge is 2.11. The van der Waals surface area contributed by atoms with Crippen molar-refractivity contribution in [2.24, 2.45) is 0 Å². The van der Waals surface area contributed by atoms with Crippen LogP contribution in [-0.2, 0) is 4.79 Å². The second kappa shape index (κ2) is 8.47. The first-order valence-corrected chi connectivity index (χ1v) is 8.54. The largest absolute Gasteiger partial charge is 0.495 e. The second-order valence-corrected chi connectivity index (χ2v) is 5.98. The van der Waals surface area contributed by atoms with Crippen molar-refractivity contribution >= 4 is 29.3 Å². The third-order valence-electron chi connectivity index (χ3n) is 3.82. The van der Waals surface area contributed by atoms with Crippen molar-refractivity contribution < 1.29 is 18.7 Å². The van der Waals surface area contributed by atoms with Crippen LogP contribution in [-0.4, -0.2) is 20.1 Å². The van der Waals surface area contributed by atoms with Gasteiger partial charge in [-0.15, -0.1) is 0 Å². The molecular weight excluding hydrogens is 366 g/mol. The number of halogens is 1. The van der Waals surface area contributed by atoms with E-state index < -0.39 is 0 Å². The summed E-state index contributed by atoms with van der Waals surface area (Å²) in [7, 11) is 3.00. The van der Waals surface area contributed by atoms with Gasteiger partial charge in [-0.3, -0.25) is 4.79 Å². The third-order valence-corrected chi connectivity index (χ3v) is 4.11. The van der Waals surface area contributed by atoms with Crippen LogP contribution in [0.5, 0.6) is 11.5 Å². The molecule has 0 unspecified atom stereocenters. The maximum Gasteiger partial charge on any atom is 0.248 e. The maximum absolute atomic E-state index is 12.2. The Morgan fingerprint density at radius 2 is 1.78 bits per heavy atom. The summed E-state index contributed by atoms with van der Waals surface area (Å²) in [6.07, 6.45) is 2.98. The van der Waals surface area contributed by atoms with E-state index in [1.165, 1.54) is 20.3 Å². The number of methoxy groups -OCH3 is 2. The smallest absolute Gasteiger partial charge is 0.248 e. The number of hydrogen-bond donors (Lipinski definition) is 1. The van der Waals surface area contributed by atoms with Gasteiger partial charge in [0.05, 0.1) is 24.9 Å². The summed E-state index contributed by atoms with van der Waals surface area (Å²) >= 11 is 6.07. The fraction of sp³-hybridized carbons (Fsp3) is 0.0952. The topological polar surface area (TPSA) is 60.7 Å². The molecule has 3 rings (SSSR count). The number of ether oxygens (including phenoxy) is 2. The summed E-state index contributed by atoms with van der Waals surface area (Å²) in [5, 5.41) is 3.14. The second-order valence-electron chi connectivity index (χ2n) is 5.58. The van der Waals surface area contributed by atoms with Gasteiger partial charge in [0, 0.05) is 23.8 Å². The first-order chi connectivity index (χ1) is 13.1. The zero-order valence-corrected chi connectivity index (χ0v) is 15.6. The lowest BCUT2D eigenvalue weighted by molar-refractivity contribution is -0.111. The number of carbonyl (C=O) groups excluding carboxylic acids is 1. The van der Waals surface area contributed by atoms with Crippen LogP contribution in [0.3, 0.4) is 0 Å². The Morgan fingerprint density at radius 3 is 2.48 bits per heavy atom.